The molecule has 1 aromatic heterocycles. The lowest BCUT2D eigenvalue weighted by Crippen LogP contribution is -2.44. The molecule has 1 aromatic carbocycles. The van der Waals surface area contributed by atoms with Crippen molar-refractivity contribution in [2.45, 2.75) is 44.9 Å². The Kier molecular flexibility index (Phi) is 5.13. The minimum atomic E-state index is -0.221. The molecule has 0 saturated carbocycles. The minimum Gasteiger partial charge on any atom is -0.497 e. The molecule has 5 nitrogen and oxygen atoms in total. The molecule has 3 heterocycles. The molecule has 0 aliphatic carbocycles. The third kappa shape index (κ3) is 3.10. The number of rotatable bonds is 3. The van der Waals surface area contributed by atoms with Gasteiger partial charge in [0.1, 0.15) is 5.75 Å². The van der Waals surface area contributed by atoms with Gasteiger partial charge in [-0.2, -0.15) is 0 Å². The smallest absolute Gasteiger partial charge is 0.314 e. The average Bonchev–Trinajstić information content (AvgIpc) is 3.02. The lowest BCUT2D eigenvalue weighted by Gasteiger charge is -2.43. The molecule has 0 N–H and O–H groups in total. The molecule has 1 unspecified atom stereocenters. The third-order valence-corrected chi connectivity index (χ3v) is 7.18. The molecular formula is C23H32N2O3. The van der Waals surface area contributed by atoms with E-state index in [-0.39, 0.29) is 17.3 Å². The molecule has 5 heteroatoms. The van der Waals surface area contributed by atoms with Crippen LogP contribution in [0.5, 0.6) is 5.75 Å². The first-order chi connectivity index (χ1) is 13.5. The van der Waals surface area contributed by atoms with Crippen LogP contribution >= 0.6 is 0 Å². The van der Waals surface area contributed by atoms with E-state index < -0.39 is 0 Å². The van der Waals surface area contributed by atoms with Crippen molar-refractivity contribution >= 4 is 16.9 Å². The maximum Gasteiger partial charge on any atom is 0.314 e. The van der Waals surface area contributed by atoms with Crippen LogP contribution in [0.4, 0.5) is 0 Å². The quantitative estimate of drug-likeness (QED) is 0.753. The fourth-order valence-electron chi connectivity index (χ4n) is 5.59. The summed E-state index contributed by atoms with van der Waals surface area (Å²) in [5.41, 5.74) is 3.75. The highest BCUT2D eigenvalue weighted by Crippen LogP contribution is 2.45. The van der Waals surface area contributed by atoms with Crippen LogP contribution in [0.15, 0.2) is 18.2 Å². The van der Waals surface area contributed by atoms with Crippen LogP contribution < -0.4 is 4.74 Å². The number of hydrogen-bond donors (Lipinski definition) is 0. The lowest BCUT2D eigenvalue weighted by atomic mass is 9.71. The molecule has 0 amide bonds. The normalized spacial score (nSPS) is 27.4. The van der Waals surface area contributed by atoms with Gasteiger partial charge in [-0.3, -0.25) is 4.79 Å². The van der Waals surface area contributed by atoms with Gasteiger partial charge in [-0.1, -0.05) is 6.92 Å². The van der Waals surface area contributed by atoms with E-state index in [0.29, 0.717) is 0 Å². The summed E-state index contributed by atoms with van der Waals surface area (Å²) >= 11 is 0. The van der Waals surface area contributed by atoms with E-state index in [1.165, 1.54) is 37.4 Å². The zero-order valence-electron chi connectivity index (χ0n) is 17.6. The molecule has 2 bridgehead atoms. The van der Waals surface area contributed by atoms with Crippen LogP contribution in [0.2, 0.25) is 0 Å². The van der Waals surface area contributed by atoms with Gasteiger partial charge in [-0.25, -0.2) is 0 Å². The number of piperidine rings is 1. The Morgan fingerprint density at radius 2 is 2.11 bits per heavy atom. The lowest BCUT2D eigenvalue weighted by molar-refractivity contribution is -0.143. The van der Waals surface area contributed by atoms with Crippen molar-refractivity contribution in [2.24, 2.45) is 12.5 Å². The molecule has 1 saturated heterocycles. The molecule has 4 rings (SSSR count). The van der Waals surface area contributed by atoms with E-state index in [0.717, 1.165) is 49.3 Å². The van der Waals surface area contributed by atoms with Crippen LogP contribution in [-0.4, -0.2) is 49.3 Å². The number of aromatic nitrogens is 1. The van der Waals surface area contributed by atoms with Crippen LogP contribution in [0.1, 0.15) is 49.8 Å². The number of carbonyl (C=O) groups excluding carboxylic acids is 1. The van der Waals surface area contributed by atoms with Crippen molar-refractivity contribution in [3.05, 3.63) is 29.5 Å². The van der Waals surface area contributed by atoms with Gasteiger partial charge >= 0.3 is 5.97 Å². The zero-order chi connectivity index (χ0) is 19.9. The second kappa shape index (κ2) is 7.43. The Balaban J connectivity index is 1.92. The Morgan fingerprint density at radius 3 is 2.82 bits per heavy atom. The Bertz CT molecular complexity index is 888. The fourth-order valence-corrected chi connectivity index (χ4v) is 5.59. The van der Waals surface area contributed by atoms with E-state index in [1.54, 1.807) is 7.11 Å². The summed E-state index contributed by atoms with van der Waals surface area (Å²) in [6.45, 7) is 5.59. The van der Waals surface area contributed by atoms with Gasteiger partial charge in [0.15, 0.2) is 0 Å². The third-order valence-electron chi connectivity index (χ3n) is 7.18. The first-order valence-electron chi connectivity index (χ1n) is 10.5. The van der Waals surface area contributed by atoms with Crippen molar-refractivity contribution in [3.63, 3.8) is 0 Å². The van der Waals surface area contributed by atoms with Crippen LogP contribution in [0, 0.1) is 5.41 Å². The van der Waals surface area contributed by atoms with E-state index >= 15 is 0 Å². The van der Waals surface area contributed by atoms with Gasteiger partial charge in [0.05, 0.1) is 25.7 Å². The van der Waals surface area contributed by atoms with Crippen LogP contribution in [0.3, 0.4) is 0 Å². The number of hydrogen-bond acceptors (Lipinski definition) is 4. The maximum atomic E-state index is 13.0. The summed E-state index contributed by atoms with van der Waals surface area (Å²) in [4.78, 5) is 15.6. The Morgan fingerprint density at radius 1 is 1.29 bits per heavy atom. The average molecular weight is 385 g/mol. The van der Waals surface area contributed by atoms with E-state index in [9.17, 15) is 4.79 Å². The second-order valence-corrected chi connectivity index (χ2v) is 8.57. The van der Waals surface area contributed by atoms with Gasteiger partial charge < -0.3 is 18.9 Å². The summed E-state index contributed by atoms with van der Waals surface area (Å²) < 4.78 is 13.0. The Labute approximate surface area is 167 Å². The van der Waals surface area contributed by atoms with Crippen molar-refractivity contribution in [3.8, 4) is 5.75 Å². The second-order valence-electron chi connectivity index (χ2n) is 8.57. The molecular weight excluding hydrogens is 352 g/mol. The molecule has 3 atom stereocenters. The topological polar surface area (TPSA) is 43.7 Å². The van der Waals surface area contributed by atoms with Crippen molar-refractivity contribution < 1.29 is 14.3 Å². The number of aryl methyl sites for hydroxylation is 1. The number of carbonyl (C=O) groups is 1. The number of esters is 1. The molecule has 0 spiro atoms. The highest BCUT2D eigenvalue weighted by Gasteiger charge is 2.42. The zero-order valence-corrected chi connectivity index (χ0v) is 17.6. The molecule has 2 aliphatic rings. The predicted molar refractivity (Wildman–Crippen MR) is 111 cm³/mol. The number of nitrogens with zero attached hydrogens (tertiary/aromatic N) is 2. The summed E-state index contributed by atoms with van der Waals surface area (Å²) in [7, 11) is 5.30. The monoisotopic (exact) mass is 384 g/mol. The minimum absolute atomic E-state index is 0.106. The van der Waals surface area contributed by atoms with Gasteiger partial charge in [0.2, 0.25) is 0 Å². The van der Waals surface area contributed by atoms with Gasteiger partial charge in [-0.05, 0) is 61.8 Å². The van der Waals surface area contributed by atoms with Crippen molar-refractivity contribution in [2.75, 3.05) is 33.9 Å². The van der Waals surface area contributed by atoms with Gasteiger partial charge in [0.25, 0.3) is 0 Å². The first-order valence-corrected chi connectivity index (χ1v) is 10.5. The van der Waals surface area contributed by atoms with Gasteiger partial charge in [0, 0.05) is 37.3 Å². The summed E-state index contributed by atoms with van der Waals surface area (Å²) in [6.07, 6.45) is 5.34. The molecule has 152 valence electrons. The highest BCUT2D eigenvalue weighted by molar-refractivity contribution is 5.90. The highest BCUT2D eigenvalue weighted by atomic mass is 16.5. The summed E-state index contributed by atoms with van der Waals surface area (Å²) in [5, 5.41) is 1.23. The standard InChI is InChI=1S/C23H32N2O3/c1-5-23-10-6-11-25(15-23)12-9-18-17-8-7-16(27-3)13-20(17)24(2)21(18)19(14-23)22(26)28-4/h7-8,13,19H,5-6,9-12,14-15H2,1-4H3/t19-,23-/m0/s1. The van der Waals surface area contributed by atoms with E-state index in [2.05, 4.69) is 35.6 Å². The molecule has 1 fully saturated rings. The number of fused-ring (bicyclic) bond motifs is 5. The fraction of sp³-hybridized carbons (Fsp3) is 0.609. The Hall–Kier alpha value is -2.01. The van der Waals surface area contributed by atoms with Gasteiger partial charge in [-0.15, -0.1) is 0 Å². The van der Waals surface area contributed by atoms with Crippen molar-refractivity contribution in [1.29, 1.82) is 0 Å². The van der Waals surface area contributed by atoms with Crippen LogP contribution in [0.25, 0.3) is 10.9 Å². The SMILES string of the molecule is CC[C@]12CCCN(CCc3c(n(C)c4cc(OC)ccc34)[C@@H](C(=O)OC)C1)C2. The summed E-state index contributed by atoms with van der Waals surface area (Å²) in [6, 6.07) is 6.25. The number of benzene rings is 1. The van der Waals surface area contributed by atoms with E-state index in [1.807, 2.05) is 6.07 Å². The number of methoxy groups -OCH3 is 2. The maximum absolute atomic E-state index is 13.0. The van der Waals surface area contributed by atoms with Crippen molar-refractivity contribution in [1.82, 2.24) is 9.47 Å². The largest absolute Gasteiger partial charge is 0.497 e. The summed E-state index contributed by atoms with van der Waals surface area (Å²) in [5.74, 6) is 0.519. The molecule has 2 aliphatic heterocycles. The van der Waals surface area contributed by atoms with E-state index in [4.69, 9.17) is 9.47 Å². The van der Waals surface area contributed by atoms with Crippen LogP contribution in [-0.2, 0) is 23.0 Å². The molecule has 28 heavy (non-hydrogen) atoms. The first kappa shape index (κ1) is 19.3. The molecule has 2 aromatic rings. The molecule has 0 radical (unpaired) electrons. The predicted octanol–water partition coefficient (Wildman–Crippen LogP) is 3.88. The number of ether oxygens (including phenoxy) is 2.